The highest BCUT2D eigenvalue weighted by Gasteiger charge is 2.16. The second-order valence-electron chi connectivity index (χ2n) is 3.04. The molecule has 1 heterocycles. The Bertz CT molecular complexity index is 437. The van der Waals surface area contributed by atoms with Crippen molar-refractivity contribution >= 4 is 5.97 Å². The molecule has 1 aromatic rings. The molecule has 0 aromatic carbocycles. The predicted octanol–water partition coefficient (Wildman–Crippen LogP) is 0.827. The van der Waals surface area contributed by atoms with Gasteiger partial charge in [0.1, 0.15) is 0 Å². The predicted molar refractivity (Wildman–Crippen MR) is 52.2 cm³/mol. The molecule has 1 N–H and O–H groups in total. The normalized spacial score (nSPS) is 9.69. The Kier molecular flexibility index (Phi) is 4.07. The monoisotopic (exact) mass is 219 g/mol. The van der Waals surface area contributed by atoms with Gasteiger partial charge in [-0.25, -0.2) is 4.79 Å². The van der Waals surface area contributed by atoms with Crippen LogP contribution in [0.15, 0.2) is 16.7 Å². The summed E-state index contributed by atoms with van der Waals surface area (Å²) in [5, 5.41) is 25.8. The van der Waals surface area contributed by atoms with Crippen LogP contribution in [0.5, 0.6) is 0 Å². The van der Waals surface area contributed by atoms with Crippen LogP contribution >= 0.6 is 0 Å². The first-order valence-electron chi connectivity index (χ1n) is 4.45. The Hall–Kier alpha value is -2.31. The molecule has 0 aliphatic rings. The van der Waals surface area contributed by atoms with Crippen LogP contribution in [-0.4, -0.2) is 29.1 Å². The lowest BCUT2D eigenvalue weighted by Crippen LogP contribution is -2.24. The van der Waals surface area contributed by atoms with Crippen LogP contribution in [0, 0.1) is 22.7 Å². The lowest BCUT2D eigenvalue weighted by molar-refractivity contribution is 0.0659. The molecule has 82 valence electrons. The zero-order valence-corrected chi connectivity index (χ0v) is 8.38. The smallest absolute Gasteiger partial charge is 0.372 e. The van der Waals surface area contributed by atoms with E-state index in [0.29, 0.717) is 5.56 Å². The molecule has 1 aromatic heterocycles. The second-order valence-corrected chi connectivity index (χ2v) is 3.04. The summed E-state index contributed by atoms with van der Waals surface area (Å²) in [4.78, 5) is 12.3. The van der Waals surface area contributed by atoms with Crippen molar-refractivity contribution in [2.24, 2.45) is 0 Å². The molecule has 0 saturated carbocycles. The third-order valence-corrected chi connectivity index (χ3v) is 1.92. The topological polar surface area (TPSA) is 101 Å². The van der Waals surface area contributed by atoms with Gasteiger partial charge in [0.05, 0.1) is 31.5 Å². The molecule has 0 amide bonds. The number of furan rings is 1. The Morgan fingerprint density at radius 3 is 2.56 bits per heavy atom. The molecule has 0 unspecified atom stereocenters. The zero-order chi connectivity index (χ0) is 12.0. The van der Waals surface area contributed by atoms with E-state index < -0.39 is 5.97 Å². The second kappa shape index (κ2) is 5.54. The molecular weight excluding hydrogens is 210 g/mol. The van der Waals surface area contributed by atoms with E-state index in [1.54, 1.807) is 0 Å². The Labute approximate surface area is 91.9 Å². The molecule has 16 heavy (non-hydrogen) atoms. The summed E-state index contributed by atoms with van der Waals surface area (Å²) < 4.78 is 4.79. The lowest BCUT2D eigenvalue weighted by atomic mass is 10.2. The van der Waals surface area contributed by atoms with Crippen molar-refractivity contribution in [1.29, 1.82) is 10.5 Å². The Balaban J connectivity index is 2.78. The van der Waals surface area contributed by atoms with Gasteiger partial charge in [-0.1, -0.05) is 0 Å². The maximum atomic E-state index is 10.7. The quantitative estimate of drug-likeness (QED) is 0.736. The summed E-state index contributed by atoms with van der Waals surface area (Å²) in [5.41, 5.74) is 0.456. The third-order valence-electron chi connectivity index (χ3n) is 1.92. The molecule has 1 rings (SSSR count). The highest BCUT2D eigenvalue weighted by Crippen LogP contribution is 2.12. The van der Waals surface area contributed by atoms with Crippen molar-refractivity contribution < 1.29 is 14.3 Å². The standard InChI is InChI=1S/C10H9N3O3/c11-2-4-13(5-3-12)7-8-1-6-16-9(8)10(14)15/h1,6H,4-5,7H2,(H,14,15). The summed E-state index contributed by atoms with van der Waals surface area (Å²) in [6.45, 7) is 0.342. The molecule has 0 bridgehead atoms. The van der Waals surface area contributed by atoms with E-state index in [0.717, 1.165) is 0 Å². The summed E-state index contributed by atoms with van der Waals surface area (Å²) in [6, 6.07) is 5.34. The molecule has 6 nitrogen and oxygen atoms in total. The van der Waals surface area contributed by atoms with E-state index >= 15 is 0 Å². The molecule has 0 saturated heterocycles. The van der Waals surface area contributed by atoms with Crippen LogP contribution in [0.2, 0.25) is 0 Å². The van der Waals surface area contributed by atoms with E-state index in [2.05, 4.69) is 0 Å². The first-order valence-corrected chi connectivity index (χ1v) is 4.45. The zero-order valence-electron chi connectivity index (χ0n) is 8.38. The summed E-state index contributed by atoms with van der Waals surface area (Å²) >= 11 is 0. The average molecular weight is 219 g/mol. The molecule has 0 radical (unpaired) electrons. The Morgan fingerprint density at radius 2 is 2.06 bits per heavy atom. The molecule has 0 spiro atoms. The fourth-order valence-electron chi connectivity index (χ4n) is 1.26. The van der Waals surface area contributed by atoms with Gasteiger partial charge in [-0.05, 0) is 6.07 Å². The number of hydrogen-bond donors (Lipinski definition) is 1. The van der Waals surface area contributed by atoms with Crippen LogP contribution in [-0.2, 0) is 6.54 Å². The number of rotatable bonds is 5. The van der Waals surface area contributed by atoms with Gasteiger partial charge in [-0.3, -0.25) is 4.90 Å². The maximum Gasteiger partial charge on any atom is 0.372 e. The van der Waals surface area contributed by atoms with Crippen LogP contribution in [0.1, 0.15) is 16.1 Å². The first-order chi connectivity index (χ1) is 7.69. The lowest BCUT2D eigenvalue weighted by Gasteiger charge is -2.13. The van der Waals surface area contributed by atoms with E-state index in [4.69, 9.17) is 20.0 Å². The third kappa shape index (κ3) is 2.84. The summed E-state index contributed by atoms with van der Waals surface area (Å²) in [7, 11) is 0. The van der Waals surface area contributed by atoms with Gasteiger partial charge >= 0.3 is 5.97 Å². The minimum atomic E-state index is -1.16. The first kappa shape index (κ1) is 11.8. The Morgan fingerprint density at radius 1 is 1.44 bits per heavy atom. The van der Waals surface area contributed by atoms with Gasteiger partial charge in [-0.2, -0.15) is 10.5 Å². The van der Waals surface area contributed by atoms with Crippen molar-refractivity contribution in [1.82, 2.24) is 4.90 Å². The van der Waals surface area contributed by atoms with Crippen LogP contribution in [0.25, 0.3) is 0 Å². The van der Waals surface area contributed by atoms with Crippen LogP contribution < -0.4 is 0 Å². The number of hydrogen-bond acceptors (Lipinski definition) is 5. The van der Waals surface area contributed by atoms with Gasteiger partial charge in [0.15, 0.2) is 0 Å². The molecule has 0 aliphatic carbocycles. The minimum absolute atomic E-state index is 0.0673. The van der Waals surface area contributed by atoms with Crippen molar-refractivity contribution in [3.63, 3.8) is 0 Å². The van der Waals surface area contributed by atoms with Gasteiger partial charge in [0, 0.05) is 12.1 Å². The average Bonchev–Trinajstić information content (AvgIpc) is 2.66. The summed E-state index contributed by atoms with van der Waals surface area (Å²) in [6.07, 6.45) is 1.27. The number of carbonyl (C=O) groups is 1. The molecule has 0 atom stereocenters. The van der Waals surface area contributed by atoms with Crippen molar-refractivity contribution in [3.05, 3.63) is 23.7 Å². The maximum absolute atomic E-state index is 10.7. The number of nitrogens with zero attached hydrogens (tertiary/aromatic N) is 3. The van der Waals surface area contributed by atoms with Crippen molar-refractivity contribution in [3.8, 4) is 12.1 Å². The van der Waals surface area contributed by atoms with E-state index in [1.807, 2.05) is 12.1 Å². The van der Waals surface area contributed by atoms with Crippen molar-refractivity contribution in [2.75, 3.05) is 13.1 Å². The van der Waals surface area contributed by atoms with Gasteiger partial charge in [0.25, 0.3) is 0 Å². The number of nitriles is 2. The van der Waals surface area contributed by atoms with Gasteiger partial charge in [-0.15, -0.1) is 0 Å². The largest absolute Gasteiger partial charge is 0.475 e. The van der Waals surface area contributed by atoms with E-state index in [1.165, 1.54) is 17.2 Å². The summed E-state index contributed by atoms with van der Waals surface area (Å²) in [5.74, 6) is -1.31. The molecule has 0 fully saturated rings. The highest BCUT2D eigenvalue weighted by atomic mass is 16.4. The number of carboxylic acids is 1. The van der Waals surface area contributed by atoms with E-state index in [-0.39, 0.29) is 25.4 Å². The van der Waals surface area contributed by atoms with Crippen LogP contribution in [0.3, 0.4) is 0 Å². The fourth-order valence-corrected chi connectivity index (χ4v) is 1.26. The van der Waals surface area contributed by atoms with E-state index in [9.17, 15) is 4.79 Å². The minimum Gasteiger partial charge on any atom is -0.475 e. The van der Waals surface area contributed by atoms with Crippen LogP contribution in [0.4, 0.5) is 0 Å². The molecule has 6 heteroatoms. The fraction of sp³-hybridized carbons (Fsp3) is 0.300. The number of aromatic carboxylic acids is 1. The molecule has 0 aliphatic heterocycles. The highest BCUT2D eigenvalue weighted by molar-refractivity contribution is 5.86. The van der Waals surface area contributed by atoms with Gasteiger partial charge in [0.2, 0.25) is 5.76 Å². The van der Waals surface area contributed by atoms with Gasteiger partial charge < -0.3 is 9.52 Å². The number of carboxylic acid groups (broad SMARTS) is 1. The SMILES string of the molecule is N#CCN(CC#N)Cc1ccoc1C(=O)O. The van der Waals surface area contributed by atoms with Crippen molar-refractivity contribution in [2.45, 2.75) is 6.54 Å². The molecular formula is C10H9N3O3.